The molecular formula is C21H19F4N5O. The topological polar surface area (TPSA) is 54.3 Å². The summed E-state index contributed by atoms with van der Waals surface area (Å²) in [5.41, 5.74) is 0.371. The molecule has 0 aliphatic carbocycles. The fourth-order valence-corrected chi connectivity index (χ4v) is 3.54. The lowest BCUT2D eigenvalue weighted by atomic mass is 10.2. The van der Waals surface area contributed by atoms with E-state index in [1.807, 2.05) is 4.90 Å². The minimum Gasteiger partial charge on any atom is -0.353 e. The fourth-order valence-electron chi connectivity index (χ4n) is 3.54. The number of halogens is 4. The van der Waals surface area contributed by atoms with Crippen molar-refractivity contribution in [3.63, 3.8) is 0 Å². The van der Waals surface area contributed by atoms with Crippen LogP contribution >= 0.6 is 0 Å². The molecule has 6 nitrogen and oxygen atoms in total. The molecule has 0 saturated carbocycles. The average molecular weight is 433 g/mol. The van der Waals surface area contributed by atoms with Crippen molar-refractivity contribution in [2.45, 2.75) is 13.1 Å². The van der Waals surface area contributed by atoms with Crippen LogP contribution < -0.4 is 4.90 Å². The van der Waals surface area contributed by atoms with E-state index in [4.69, 9.17) is 0 Å². The van der Waals surface area contributed by atoms with E-state index >= 15 is 0 Å². The maximum atomic E-state index is 14.1. The summed E-state index contributed by atoms with van der Waals surface area (Å²) in [5, 5.41) is 4.17. The number of piperazine rings is 1. The molecular weight excluding hydrogens is 414 g/mol. The van der Waals surface area contributed by atoms with Gasteiger partial charge in [0.25, 0.3) is 5.91 Å². The Morgan fingerprint density at radius 2 is 1.71 bits per heavy atom. The Hall–Kier alpha value is -3.43. The number of para-hydroxylation sites is 1. The van der Waals surface area contributed by atoms with Crippen molar-refractivity contribution in [2.24, 2.45) is 0 Å². The van der Waals surface area contributed by atoms with Gasteiger partial charge in [-0.1, -0.05) is 12.1 Å². The van der Waals surface area contributed by atoms with Gasteiger partial charge in [-0.2, -0.15) is 18.3 Å². The standard InChI is InChI=1S/C21H19F4N5O/c1-14-16(13-27-30(14)18-5-3-2-4-17(18)22)20(31)29-10-8-28(9-11-29)19-7-6-15(12-26-19)21(23,24)25/h2-7,12-13H,8-11H2,1H3. The second-order valence-corrected chi connectivity index (χ2v) is 7.19. The van der Waals surface area contributed by atoms with Crippen LogP contribution in [-0.4, -0.2) is 51.8 Å². The number of nitrogens with zero attached hydrogens (tertiary/aromatic N) is 5. The largest absolute Gasteiger partial charge is 0.417 e. The lowest BCUT2D eigenvalue weighted by Crippen LogP contribution is -2.49. The molecule has 31 heavy (non-hydrogen) atoms. The van der Waals surface area contributed by atoms with Crippen LogP contribution in [0, 0.1) is 12.7 Å². The molecule has 1 amide bonds. The first-order chi connectivity index (χ1) is 14.8. The Labute approximate surface area is 175 Å². The number of carbonyl (C=O) groups is 1. The van der Waals surface area contributed by atoms with Gasteiger partial charge >= 0.3 is 6.18 Å². The van der Waals surface area contributed by atoms with Gasteiger partial charge in [-0.25, -0.2) is 14.1 Å². The zero-order chi connectivity index (χ0) is 22.2. The predicted molar refractivity (Wildman–Crippen MR) is 106 cm³/mol. The second-order valence-electron chi connectivity index (χ2n) is 7.19. The number of hydrogen-bond donors (Lipinski definition) is 0. The lowest BCUT2D eigenvalue weighted by Gasteiger charge is -2.35. The summed E-state index contributed by atoms with van der Waals surface area (Å²) in [7, 11) is 0. The van der Waals surface area contributed by atoms with Gasteiger partial charge < -0.3 is 9.80 Å². The highest BCUT2D eigenvalue weighted by molar-refractivity contribution is 5.95. The van der Waals surface area contributed by atoms with Crippen molar-refractivity contribution in [3.8, 4) is 5.69 Å². The van der Waals surface area contributed by atoms with Crippen LogP contribution in [0.5, 0.6) is 0 Å². The Morgan fingerprint density at radius 1 is 1.00 bits per heavy atom. The number of carbonyl (C=O) groups excluding carboxylic acids is 1. The Balaban J connectivity index is 1.44. The molecule has 0 bridgehead atoms. The zero-order valence-corrected chi connectivity index (χ0v) is 16.6. The number of aromatic nitrogens is 3. The maximum Gasteiger partial charge on any atom is 0.417 e. The first-order valence-electron chi connectivity index (χ1n) is 9.62. The summed E-state index contributed by atoms with van der Waals surface area (Å²) in [5.74, 6) is -0.228. The van der Waals surface area contributed by atoms with E-state index in [0.29, 0.717) is 43.3 Å². The molecule has 1 fully saturated rings. The molecule has 0 atom stereocenters. The summed E-state index contributed by atoms with van der Waals surface area (Å²) in [6, 6.07) is 8.51. The van der Waals surface area contributed by atoms with Crippen LogP contribution in [0.25, 0.3) is 5.69 Å². The molecule has 0 N–H and O–H groups in total. The summed E-state index contributed by atoms with van der Waals surface area (Å²) in [4.78, 5) is 20.4. The summed E-state index contributed by atoms with van der Waals surface area (Å²) in [6.45, 7) is 3.34. The van der Waals surface area contributed by atoms with Gasteiger partial charge in [0, 0.05) is 32.4 Å². The van der Waals surface area contributed by atoms with Crippen LogP contribution in [0.3, 0.4) is 0 Å². The van der Waals surface area contributed by atoms with E-state index in [1.165, 1.54) is 23.0 Å². The number of rotatable bonds is 3. The van der Waals surface area contributed by atoms with Crippen molar-refractivity contribution in [1.82, 2.24) is 19.7 Å². The van der Waals surface area contributed by atoms with Crippen molar-refractivity contribution in [2.75, 3.05) is 31.1 Å². The van der Waals surface area contributed by atoms with Gasteiger partial charge in [0.15, 0.2) is 0 Å². The molecule has 0 unspecified atom stereocenters. The third-order valence-corrected chi connectivity index (χ3v) is 5.29. The molecule has 1 saturated heterocycles. The molecule has 10 heteroatoms. The quantitative estimate of drug-likeness (QED) is 0.592. The normalized spacial score (nSPS) is 14.7. The predicted octanol–water partition coefficient (Wildman–Crippen LogP) is 3.70. The van der Waals surface area contributed by atoms with Crippen molar-refractivity contribution < 1.29 is 22.4 Å². The number of hydrogen-bond acceptors (Lipinski definition) is 4. The van der Waals surface area contributed by atoms with Gasteiger partial charge in [-0.3, -0.25) is 4.79 Å². The van der Waals surface area contributed by atoms with Crippen molar-refractivity contribution in [1.29, 1.82) is 0 Å². The highest BCUT2D eigenvalue weighted by Gasteiger charge is 2.31. The van der Waals surface area contributed by atoms with Gasteiger partial charge in [-0.15, -0.1) is 0 Å². The molecule has 4 rings (SSSR count). The van der Waals surface area contributed by atoms with Crippen LogP contribution in [0.2, 0.25) is 0 Å². The van der Waals surface area contributed by atoms with Crippen LogP contribution in [0.15, 0.2) is 48.8 Å². The summed E-state index contributed by atoms with van der Waals surface area (Å²) in [6.07, 6.45) is -2.19. The lowest BCUT2D eigenvalue weighted by molar-refractivity contribution is -0.137. The van der Waals surface area contributed by atoms with Gasteiger partial charge in [0.1, 0.15) is 17.3 Å². The highest BCUT2D eigenvalue weighted by atomic mass is 19.4. The van der Waals surface area contributed by atoms with Crippen LogP contribution in [0.4, 0.5) is 23.4 Å². The van der Waals surface area contributed by atoms with Crippen molar-refractivity contribution >= 4 is 11.7 Å². The van der Waals surface area contributed by atoms with E-state index in [9.17, 15) is 22.4 Å². The number of alkyl halides is 3. The summed E-state index contributed by atoms with van der Waals surface area (Å²) < 4.78 is 53.6. The van der Waals surface area contributed by atoms with Crippen LogP contribution in [0.1, 0.15) is 21.6 Å². The number of anilines is 1. The van der Waals surface area contributed by atoms with Crippen molar-refractivity contribution in [3.05, 3.63) is 71.4 Å². The molecule has 0 spiro atoms. The summed E-state index contributed by atoms with van der Waals surface area (Å²) >= 11 is 0. The Bertz CT molecular complexity index is 1090. The number of amides is 1. The monoisotopic (exact) mass is 433 g/mol. The fraction of sp³-hybridized carbons (Fsp3) is 0.286. The molecule has 1 aliphatic heterocycles. The number of pyridine rings is 1. The molecule has 1 aliphatic rings. The third kappa shape index (κ3) is 4.10. The zero-order valence-electron chi connectivity index (χ0n) is 16.6. The van der Waals surface area contributed by atoms with E-state index in [1.54, 1.807) is 30.0 Å². The SMILES string of the molecule is Cc1c(C(=O)N2CCN(c3ccc(C(F)(F)F)cn3)CC2)cnn1-c1ccccc1F. The Morgan fingerprint density at radius 3 is 2.32 bits per heavy atom. The van der Waals surface area contributed by atoms with Gasteiger partial charge in [0.2, 0.25) is 0 Å². The molecule has 1 aromatic carbocycles. The second kappa shape index (κ2) is 8.01. The minimum atomic E-state index is -4.43. The minimum absolute atomic E-state index is 0.222. The van der Waals surface area contributed by atoms with E-state index in [-0.39, 0.29) is 11.6 Å². The molecule has 3 heterocycles. The maximum absolute atomic E-state index is 14.1. The molecule has 0 radical (unpaired) electrons. The molecule has 162 valence electrons. The Kier molecular flexibility index (Phi) is 5.38. The van der Waals surface area contributed by atoms with Gasteiger partial charge in [-0.05, 0) is 31.2 Å². The van der Waals surface area contributed by atoms with Crippen LogP contribution in [-0.2, 0) is 6.18 Å². The molecule has 2 aromatic heterocycles. The first kappa shape index (κ1) is 20.8. The first-order valence-corrected chi connectivity index (χ1v) is 9.62. The third-order valence-electron chi connectivity index (χ3n) is 5.29. The smallest absolute Gasteiger partial charge is 0.353 e. The van der Waals surface area contributed by atoms with E-state index in [2.05, 4.69) is 10.1 Å². The van der Waals surface area contributed by atoms with E-state index in [0.717, 1.165) is 12.3 Å². The highest BCUT2D eigenvalue weighted by Crippen LogP contribution is 2.29. The number of benzene rings is 1. The average Bonchev–Trinajstić information content (AvgIpc) is 3.14. The molecule has 3 aromatic rings. The van der Waals surface area contributed by atoms with Gasteiger partial charge in [0.05, 0.1) is 23.0 Å². The van der Waals surface area contributed by atoms with E-state index < -0.39 is 17.6 Å².